The minimum absolute atomic E-state index is 0.00283. The minimum atomic E-state index is -2.31. The Hall–Kier alpha value is -4.58. The zero-order valence-corrected chi connectivity index (χ0v) is 40.8. The number of hydrogen-bond donors (Lipinski definition) is 2. The number of rotatable bonds is 13. The number of nitrogens with zero attached hydrogens (tertiary/aromatic N) is 3. The van der Waals surface area contributed by atoms with Gasteiger partial charge in [0.25, 0.3) is 0 Å². The van der Waals surface area contributed by atoms with Crippen molar-refractivity contribution in [3.05, 3.63) is 53.6 Å². The van der Waals surface area contributed by atoms with Gasteiger partial charge in [0.15, 0.2) is 12.6 Å². The molecule has 0 radical (unpaired) electrons. The third kappa shape index (κ3) is 10.7. The Morgan fingerprint density at radius 3 is 2.33 bits per heavy atom. The van der Waals surface area contributed by atoms with Gasteiger partial charge in [0.2, 0.25) is 0 Å². The molecule has 0 saturated carbocycles. The summed E-state index contributed by atoms with van der Waals surface area (Å²) in [5.41, 5.74) is 4.10. The van der Waals surface area contributed by atoms with Crippen LogP contribution in [0.3, 0.4) is 0 Å². The second-order valence-corrected chi connectivity index (χ2v) is 25.7. The number of carbonyl (C=O) groups is 1. The molecule has 0 bridgehead atoms. The second kappa shape index (κ2) is 19.9. The van der Waals surface area contributed by atoms with E-state index in [1.165, 1.54) is 13.2 Å². The van der Waals surface area contributed by atoms with E-state index in [1.807, 2.05) is 39.5 Å². The minimum Gasteiger partial charge on any atom is -0.468 e. The van der Waals surface area contributed by atoms with Gasteiger partial charge >= 0.3 is 12.1 Å². The molecule has 10 nitrogen and oxygen atoms in total. The van der Waals surface area contributed by atoms with Gasteiger partial charge in [-0.2, -0.15) is 9.97 Å². The molecule has 4 aromatic rings. The predicted molar refractivity (Wildman–Crippen MR) is 253 cm³/mol. The predicted octanol–water partition coefficient (Wildman–Crippen LogP) is 11.1. The Balaban J connectivity index is 1.49. The SMILES string of the molecule is COCOc1cc(-c2ccc3c(N4CC(C(C)(C)NC(=O)OC(C)(C)C)C4)nc(OC[C@@H]4CCCNC[C@H](F)C4)nc3c2F)c2c(C#C[Si](C(C)C)(C(C)C)C(C)C)c(F)ccc2c1. The summed E-state index contributed by atoms with van der Waals surface area (Å²) in [5.74, 6) is 3.00. The number of nitrogens with one attached hydrogen (secondary N) is 2. The molecule has 2 atom stereocenters. The molecule has 64 heavy (non-hydrogen) atoms. The molecule has 14 heteroatoms. The Labute approximate surface area is 378 Å². The fraction of sp³-hybridized carbons (Fsp3) is 0.580. The maximum absolute atomic E-state index is 17.8. The van der Waals surface area contributed by atoms with Crippen LogP contribution in [0, 0.1) is 34.9 Å². The van der Waals surface area contributed by atoms with Crippen molar-refractivity contribution in [3.63, 3.8) is 0 Å². The van der Waals surface area contributed by atoms with Gasteiger partial charge in [-0.25, -0.2) is 18.0 Å². The molecule has 348 valence electrons. The van der Waals surface area contributed by atoms with Crippen LogP contribution in [0.25, 0.3) is 32.8 Å². The molecule has 2 fully saturated rings. The Morgan fingerprint density at radius 2 is 1.67 bits per heavy atom. The van der Waals surface area contributed by atoms with Crippen LogP contribution >= 0.6 is 0 Å². The van der Waals surface area contributed by atoms with Gasteiger partial charge in [0.05, 0.1) is 12.2 Å². The van der Waals surface area contributed by atoms with Crippen molar-refractivity contribution < 1.29 is 36.9 Å². The first-order valence-electron chi connectivity index (χ1n) is 22.8. The van der Waals surface area contributed by atoms with Crippen molar-refractivity contribution in [2.75, 3.05) is 51.6 Å². The average molecular weight is 904 g/mol. The van der Waals surface area contributed by atoms with Crippen molar-refractivity contribution in [1.29, 1.82) is 0 Å². The molecule has 2 N–H and O–H groups in total. The molecule has 0 unspecified atom stereocenters. The van der Waals surface area contributed by atoms with Crippen molar-refractivity contribution in [2.45, 2.75) is 129 Å². The molecule has 2 saturated heterocycles. The monoisotopic (exact) mass is 903 g/mol. The molecule has 2 aliphatic rings. The number of aromatic nitrogens is 2. The number of alkyl halides is 1. The number of amides is 1. The van der Waals surface area contributed by atoms with Gasteiger partial charge in [-0.15, -0.1) is 5.54 Å². The first kappa shape index (κ1) is 48.9. The van der Waals surface area contributed by atoms with Gasteiger partial charge in [-0.3, -0.25) is 0 Å². The number of anilines is 1. The van der Waals surface area contributed by atoms with Gasteiger partial charge in [0, 0.05) is 54.5 Å². The molecule has 2 aliphatic heterocycles. The molecule has 6 rings (SSSR count). The number of carbonyl (C=O) groups excluding carboxylic acids is 1. The number of halogens is 3. The van der Waals surface area contributed by atoms with E-state index in [1.54, 1.807) is 30.3 Å². The van der Waals surface area contributed by atoms with Crippen molar-refractivity contribution >= 4 is 41.7 Å². The molecule has 1 amide bonds. The lowest BCUT2D eigenvalue weighted by Crippen LogP contribution is -2.62. The van der Waals surface area contributed by atoms with E-state index in [0.717, 1.165) is 19.4 Å². The van der Waals surface area contributed by atoms with Crippen molar-refractivity contribution in [3.8, 4) is 34.4 Å². The molecule has 0 aliphatic carbocycles. The quantitative estimate of drug-likeness (QED) is 0.0770. The van der Waals surface area contributed by atoms with Gasteiger partial charge in [-0.1, -0.05) is 59.6 Å². The van der Waals surface area contributed by atoms with E-state index >= 15 is 8.78 Å². The third-order valence-corrected chi connectivity index (χ3v) is 19.4. The van der Waals surface area contributed by atoms with Crippen LogP contribution in [0.1, 0.15) is 101 Å². The zero-order valence-electron chi connectivity index (χ0n) is 39.8. The van der Waals surface area contributed by atoms with Crippen LogP contribution in [0.4, 0.5) is 23.8 Å². The average Bonchev–Trinajstić information content (AvgIpc) is 3.16. The lowest BCUT2D eigenvalue weighted by Gasteiger charge is -2.48. The van der Waals surface area contributed by atoms with Gasteiger partial charge < -0.3 is 34.5 Å². The Morgan fingerprint density at radius 1 is 0.969 bits per heavy atom. The summed E-state index contributed by atoms with van der Waals surface area (Å²) in [6, 6.07) is 9.99. The first-order valence-corrected chi connectivity index (χ1v) is 25.0. The van der Waals surface area contributed by atoms with Gasteiger partial charge in [0.1, 0.15) is 42.7 Å². The first-order chi connectivity index (χ1) is 30.1. The summed E-state index contributed by atoms with van der Waals surface area (Å²) in [5, 5.41) is 7.71. The smallest absolute Gasteiger partial charge is 0.408 e. The fourth-order valence-corrected chi connectivity index (χ4v) is 14.9. The molecule has 3 aromatic carbocycles. The Kier molecular flexibility index (Phi) is 15.2. The fourth-order valence-electron chi connectivity index (χ4n) is 9.66. The second-order valence-electron chi connectivity index (χ2n) is 20.1. The number of fused-ring (bicyclic) bond motifs is 2. The van der Waals surface area contributed by atoms with Crippen molar-refractivity contribution in [2.24, 2.45) is 11.8 Å². The maximum Gasteiger partial charge on any atom is 0.408 e. The standard InChI is InChI=1S/C50H68F3N5O5Si/c1-30(2)64(31(3)4,32(5)6)21-19-39-42(52)18-15-34-23-37(62-29-60-12)24-41(43(34)39)38-16-17-40-45(44(38)53)55-47(61-28-33-14-13-20-54-25-36(51)22-33)56-46(40)58-26-35(27-58)50(10,11)57-48(59)63-49(7,8)9/h15-18,23-24,30-33,35-36,54H,13-14,20,22,25-29H2,1-12H3,(H,57,59)/t33-,36-/m1/s1. The summed E-state index contributed by atoms with van der Waals surface area (Å²) in [6.07, 6.45) is 0.425. The summed E-state index contributed by atoms with van der Waals surface area (Å²) >= 11 is 0. The van der Waals surface area contributed by atoms with Crippen LogP contribution in [0.15, 0.2) is 36.4 Å². The number of hydrogen-bond acceptors (Lipinski definition) is 9. The third-order valence-electron chi connectivity index (χ3n) is 13.1. The number of methoxy groups -OCH3 is 1. The maximum atomic E-state index is 17.8. The van der Waals surface area contributed by atoms with Crippen LogP contribution < -0.4 is 25.0 Å². The van der Waals surface area contributed by atoms with Crippen LogP contribution in [0.2, 0.25) is 16.6 Å². The lowest BCUT2D eigenvalue weighted by atomic mass is 9.81. The molecular weight excluding hydrogens is 836 g/mol. The molecule has 1 aromatic heterocycles. The van der Waals surface area contributed by atoms with E-state index in [9.17, 15) is 9.18 Å². The summed E-state index contributed by atoms with van der Waals surface area (Å²) in [7, 11) is -0.792. The normalized spacial score (nSPS) is 17.9. The highest BCUT2D eigenvalue weighted by Crippen LogP contribution is 2.44. The Bertz CT molecular complexity index is 2350. The highest BCUT2D eigenvalue weighted by atomic mass is 28.3. The molecular formula is C50H68F3N5O5Si. The van der Waals surface area contributed by atoms with Gasteiger partial charge in [-0.05, 0) is 118 Å². The molecule has 3 heterocycles. The van der Waals surface area contributed by atoms with Crippen LogP contribution in [-0.2, 0) is 9.47 Å². The van der Waals surface area contributed by atoms with Crippen molar-refractivity contribution in [1.82, 2.24) is 20.6 Å². The lowest BCUT2D eigenvalue weighted by molar-refractivity contribution is 0.0422. The largest absolute Gasteiger partial charge is 0.468 e. The highest BCUT2D eigenvalue weighted by molar-refractivity contribution is 6.90. The highest BCUT2D eigenvalue weighted by Gasteiger charge is 2.43. The number of alkyl carbamates (subject to hydrolysis) is 1. The van der Waals surface area contributed by atoms with E-state index in [-0.39, 0.29) is 54.4 Å². The van der Waals surface area contributed by atoms with Crippen LogP contribution in [0.5, 0.6) is 11.8 Å². The van der Waals surface area contributed by atoms with E-state index in [0.29, 0.717) is 69.4 Å². The topological polar surface area (TPSA) is 107 Å². The number of ether oxygens (including phenoxy) is 4. The summed E-state index contributed by atoms with van der Waals surface area (Å²) in [6.45, 7) is 24.7. The van der Waals surface area contributed by atoms with E-state index < -0.39 is 43.1 Å². The van der Waals surface area contributed by atoms with Crippen LogP contribution in [-0.4, -0.2) is 88.1 Å². The van der Waals surface area contributed by atoms with E-state index in [2.05, 4.69) is 63.6 Å². The summed E-state index contributed by atoms with van der Waals surface area (Å²) in [4.78, 5) is 24.4. The zero-order chi connectivity index (χ0) is 46.7. The molecule has 0 spiro atoms. The summed E-state index contributed by atoms with van der Waals surface area (Å²) < 4.78 is 71.8. The van der Waals surface area contributed by atoms with E-state index in [4.69, 9.17) is 28.9 Å². The number of benzene rings is 3.